The standard InChI is InChI=1S/C17H15ClF3N5O/c18-12-3-1-11(2-4-12)16(27)7-9-25(10-8-16)14-6-5-13-22-23-15(17(19,20)21)26(13)24-14/h1-6,27H,7-10H2. The van der Waals surface area contributed by atoms with E-state index in [9.17, 15) is 18.3 Å². The summed E-state index contributed by atoms with van der Waals surface area (Å²) in [5.41, 5.74) is -0.201. The molecule has 10 heteroatoms. The Morgan fingerprint density at radius 2 is 1.67 bits per heavy atom. The van der Waals surface area contributed by atoms with Gasteiger partial charge in [-0.1, -0.05) is 23.7 Å². The van der Waals surface area contributed by atoms with Crippen LogP contribution in [0.25, 0.3) is 5.65 Å². The van der Waals surface area contributed by atoms with Crippen molar-refractivity contribution in [1.82, 2.24) is 19.8 Å². The van der Waals surface area contributed by atoms with Gasteiger partial charge in [0, 0.05) is 18.1 Å². The summed E-state index contributed by atoms with van der Waals surface area (Å²) >= 11 is 5.89. The molecule has 1 aromatic carbocycles. The fourth-order valence-electron chi connectivity index (χ4n) is 3.28. The molecule has 0 radical (unpaired) electrons. The van der Waals surface area contributed by atoms with Gasteiger partial charge in [0.1, 0.15) is 5.82 Å². The maximum atomic E-state index is 13.0. The lowest BCUT2D eigenvalue weighted by molar-refractivity contribution is -0.146. The first kappa shape index (κ1) is 18.0. The molecular weight excluding hydrogens is 383 g/mol. The first-order valence-electron chi connectivity index (χ1n) is 8.29. The van der Waals surface area contributed by atoms with Crippen molar-refractivity contribution in [2.24, 2.45) is 0 Å². The van der Waals surface area contributed by atoms with Gasteiger partial charge in [-0.25, -0.2) is 0 Å². The maximum absolute atomic E-state index is 13.0. The van der Waals surface area contributed by atoms with Gasteiger partial charge in [0.15, 0.2) is 5.65 Å². The van der Waals surface area contributed by atoms with Crippen LogP contribution >= 0.6 is 11.6 Å². The molecule has 3 aromatic rings. The normalized spacial score (nSPS) is 17.4. The number of aliphatic hydroxyl groups is 1. The topological polar surface area (TPSA) is 66.5 Å². The van der Waals surface area contributed by atoms with Gasteiger partial charge in [-0.3, -0.25) is 0 Å². The van der Waals surface area contributed by atoms with Crippen LogP contribution < -0.4 is 4.90 Å². The second-order valence-corrected chi connectivity index (χ2v) is 6.94. The summed E-state index contributed by atoms with van der Waals surface area (Å²) < 4.78 is 39.8. The molecule has 0 bridgehead atoms. The number of fused-ring (bicyclic) bond motifs is 1. The number of aromatic nitrogens is 4. The van der Waals surface area contributed by atoms with E-state index < -0.39 is 17.6 Å². The molecule has 0 saturated carbocycles. The van der Waals surface area contributed by atoms with Crippen molar-refractivity contribution in [3.05, 3.63) is 52.8 Å². The third kappa shape index (κ3) is 3.32. The van der Waals surface area contributed by atoms with E-state index in [0.717, 1.165) is 5.56 Å². The molecule has 0 amide bonds. The molecule has 1 aliphatic rings. The average molecular weight is 398 g/mol. The van der Waals surface area contributed by atoms with E-state index >= 15 is 0 Å². The highest BCUT2D eigenvalue weighted by Crippen LogP contribution is 2.35. The predicted octanol–water partition coefficient (Wildman–Crippen LogP) is 3.28. The van der Waals surface area contributed by atoms with E-state index in [1.165, 1.54) is 6.07 Å². The highest BCUT2D eigenvalue weighted by Gasteiger charge is 2.38. The van der Waals surface area contributed by atoms with Gasteiger partial charge in [0.25, 0.3) is 5.82 Å². The van der Waals surface area contributed by atoms with Crippen LogP contribution in [0.15, 0.2) is 36.4 Å². The van der Waals surface area contributed by atoms with Crippen molar-refractivity contribution in [3.8, 4) is 0 Å². The lowest BCUT2D eigenvalue weighted by Gasteiger charge is -2.39. The molecule has 0 spiro atoms. The second kappa shape index (κ2) is 6.35. The minimum absolute atomic E-state index is 0.0285. The molecule has 0 unspecified atom stereocenters. The maximum Gasteiger partial charge on any atom is 0.453 e. The SMILES string of the molecule is OC1(c2ccc(Cl)cc2)CCN(c2ccc3nnc(C(F)(F)F)n3n2)CC1. The first-order chi connectivity index (χ1) is 12.8. The summed E-state index contributed by atoms with van der Waals surface area (Å²) in [5, 5.41) is 22.3. The quantitative estimate of drug-likeness (QED) is 0.718. The van der Waals surface area contributed by atoms with E-state index in [-0.39, 0.29) is 5.65 Å². The van der Waals surface area contributed by atoms with Gasteiger partial charge < -0.3 is 10.0 Å². The summed E-state index contributed by atoms with van der Waals surface area (Å²) in [4.78, 5) is 1.84. The third-order valence-corrected chi connectivity index (χ3v) is 5.05. The van der Waals surface area contributed by atoms with Gasteiger partial charge >= 0.3 is 6.18 Å². The van der Waals surface area contributed by atoms with Crippen LogP contribution in [0.4, 0.5) is 19.0 Å². The van der Waals surface area contributed by atoms with Crippen molar-refractivity contribution in [2.45, 2.75) is 24.6 Å². The van der Waals surface area contributed by atoms with Crippen molar-refractivity contribution >= 4 is 23.1 Å². The number of nitrogens with zero attached hydrogens (tertiary/aromatic N) is 5. The monoisotopic (exact) mass is 397 g/mol. The van der Waals surface area contributed by atoms with Crippen LogP contribution in [0.5, 0.6) is 0 Å². The van der Waals surface area contributed by atoms with Crippen molar-refractivity contribution < 1.29 is 18.3 Å². The van der Waals surface area contributed by atoms with Crippen LogP contribution in [0.3, 0.4) is 0 Å². The Morgan fingerprint density at radius 1 is 1.00 bits per heavy atom. The number of halogens is 4. The Kier molecular flexibility index (Phi) is 4.23. The Hall–Kier alpha value is -2.39. The largest absolute Gasteiger partial charge is 0.453 e. The summed E-state index contributed by atoms with van der Waals surface area (Å²) in [6.45, 7) is 0.891. The van der Waals surface area contributed by atoms with Crippen LogP contribution in [0.1, 0.15) is 24.2 Å². The zero-order valence-electron chi connectivity index (χ0n) is 14.0. The third-order valence-electron chi connectivity index (χ3n) is 4.80. The van der Waals surface area contributed by atoms with Crippen LogP contribution in [0, 0.1) is 0 Å². The van der Waals surface area contributed by atoms with Crippen LogP contribution in [-0.2, 0) is 11.8 Å². The molecule has 2 aromatic heterocycles. The zero-order chi connectivity index (χ0) is 19.2. The smallest absolute Gasteiger partial charge is 0.385 e. The highest BCUT2D eigenvalue weighted by atomic mass is 35.5. The molecule has 0 aliphatic carbocycles. The molecule has 6 nitrogen and oxygen atoms in total. The number of piperidine rings is 1. The highest BCUT2D eigenvalue weighted by molar-refractivity contribution is 6.30. The Bertz CT molecular complexity index is 965. The van der Waals surface area contributed by atoms with E-state index in [1.807, 2.05) is 4.90 Å². The van der Waals surface area contributed by atoms with E-state index in [1.54, 1.807) is 30.3 Å². The molecule has 1 saturated heterocycles. The van der Waals surface area contributed by atoms with Crippen molar-refractivity contribution in [3.63, 3.8) is 0 Å². The molecule has 0 atom stereocenters. The summed E-state index contributed by atoms with van der Waals surface area (Å²) in [5.74, 6) is -0.778. The van der Waals surface area contributed by atoms with E-state index in [4.69, 9.17) is 11.6 Å². The number of anilines is 1. The molecule has 1 fully saturated rings. The number of rotatable bonds is 2. The van der Waals surface area contributed by atoms with E-state index in [2.05, 4.69) is 15.3 Å². The summed E-state index contributed by atoms with van der Waals surface area (Å²) in [6, 6.07) is 10.1. The molecule has 3 heterocycles. The lowest BCUT2D eigenvalue weighted by atomic mass is 9.84. The number of hydrogen-bond acceptors (Lipinski definition) is 5. The Balaban J connectivity index is 1.57. The molecule has 142 valence electrons. The predicted molar refractivity (Wildman–Crippen MR) is 92.6 cm³/mol. The molecular formula is C17H15ClF3N5O. The zero-order valence-corrected chi connectivity index (χ0v) is 14.7. The molecule has 1 N–H and O–H groups in total. The van der Waals surface area contributed by atoms with Crippen molar-refractivity contribution in [1.29, 1.82) is 0 Å². The van der Waals surface area contributed by atoms with Gasteiger partial charge in [0.05, 0.1) is 5.60 Å². The molecule has 1 aliphatic heterocycles. The van der Waals surface area contributed by atoms with Gasteiger partial charge in [-0.05, 0) is 42.7 Å². The molecule has 4 rings (SSSR count). The average Bonchev–Trinajstić information content (AvgIpc) is 3.06. The first-order valence-corrected chi connectivity index (χ1v) is 8.67. The number of benzene rings is 1. The summed E-state index contributed by atoms with van der Waals surface area (Å²) in [7, 11) is 0. The lowest BCUT2D eigenvalue weighted by Crippen LogP contribution is -2.43. The summed E-state index contributed by atoms with van der Waals surface area (Å²) in [6.07, 6.45) is -3.80. The minimum atomic E-state index is -4.64. The molecule has 27 heavy (non-hydrogen) atoms. The van der Waals surface area contributed by atoms with Crippen LogP contribution in [0.2, 0.25) is 5.02 Å². The van der Waals surface area contributed by atoms with Crippen LogP contribution in [-0.4, -0.2) is 38.0 Å². The Morgan fingerprint density at radius 3 is 2.30 bits per heavy atom. The number of hydrogen-bond donors (Lipinski definition) is 1. The van der Waals surface area contributed by atoms with E-state index in [0.29, 0.717) is 41.3 Å². The fourth-order valence-corrected chi connectivity index (χ4v) is 3.41. The second-order valence-electron chi connectivity index (χ2n) is 6.51. The van der Waals surface area contributed by atoms with Gasteiger partial charge in [0.2, 0.25) is 0 Å². The fraction of sp³-hybridized carbons (Fsp3) is 0.353. The van der Waals surface area contributed by atoms with Crippen molar-refractivity contribution in [2.75, 3.05) is 18.0 Å². The Labute approximate surface area is 157 Å². The number of alkyl halides is 3. The van der Waals surface area contributed by atoms with Gasteiger partial charge in [-0.15, -0.1) is 15.3 Å². The minimum Gasteiger partial charge on any atom is -0.385 e. The van der Waals surface area contributed by atoms with Gasteiger partial charge in [-0.2, -0.15) is 17.7 Å².